The average molecular weight is 373 g/mol. The Hall–Kier alpha value is -3.21. The molecule has 2 aromatic carbocycles. The zero-order chi connectivity index (χ0) is 19.4. The van der Waals surface area contributed by atoms with Gasteiger partial charge in [0.05, 0.1) is 23.1 Å². The first kappa shape index (κ1) is 16.9. The third-order valence-electron chi connectivity index (χ3n) is 6.07. The van der Waals surface area contributed by atoms with E-state index >= 15 is 0 Å². The molecule has 0 radical (unpaired) electrons. The van der Waals surface area contributed by atoms with Gasteiger partial charge in [-0.25, -0.2) is 9.69 Å². The van der Waals surface area contributed by atoms with Gasteiger partial charge in [0.15, 0.2) is 5.75 Å². The number of carbonyl (C=O) groups is 3. The van der Waals surface area contributed by atoms with E-state index in [1.165, 1.54) is 4.90 Å². The molecular formula is C23H19NO4. The molecule has 4 atom stereocenters. The molecule has 0 spiro atoms. The Bertz CT molecular complexity index is 993. The minimum Gasteiger partial charge on any atom is -0.421 e. The molecule has 1 saturated heterocycles. The standard InChI is InChI=1S/C23H19NO4/c1-13-6-8-14(9-7-13)23(27)28-18-5-3-2-4-17(18)24-21(25)19-15-10-11-16(12-15)20(19)22(24)26/h2-11,15-16,19-20H,12H2,1H3/t15-,16+,19+,20-. The number of fused-ring (bicyclic) bond motifs is 5. The third-order valence-corrected chi connectivity index (χ3v) is 6.07. The van der Waals surface area contributed by atoms with Crippen molar-refractivity contribution in [3.8, 4) is 5.75 Å². The monoisotopic (exact) mass is 373 g/mol. The molecule has 3 aliphatic rings. The van der Waals surface area contributed by atoms with Crippen molar-refractivity contribution in [2.75, 3.05) is 4.90 Å². The Balaban J connectivity index is 1.46. The van der Waals surface area contributed by atoms with Gasteiger partial charge in [0.1, 0.15) is 0 Å². The van der Waals surface area contributed by atoms with Crippen LogP contribution in [0.2, 0.25) is 0 Å². The first-order chi connectivity index (χ1) is 13.5. The van der Waals surface area contributed by atoms with E-state index in [1.807, 2.05) is 19.1 Å². The molecule has 2 bridgehead atoms. The summed E-state index contributed by atoms with van der Waals surface area (Å²) in [6.07, 6.45) is 5.00. The topological polar surface area (TPSA) is 63.7 Å². The summed E-state index contributed by atoms with van der Waals surface area (Å²) in [4.78, 5) is 39.9. The van der Waals surface area contributed by atoms with Gasteiger partial charge in [0.2, 0.25) is 11.8 Å². The van der Waals surface area contributed by atoms with Gasteiger partial charge in [0.25, 0.3) is 0 Å². The number of rotatable bonds is 3. The normalized spacial score (nSPS) is 27.4. The van der Waals surface area contributed by atoms with Gasteiger partial charge >= 0.3 is 5.97 Å². The van der Waals surface area contributed by atoms with Crippen LogP contribution in [-0.2, 0) is 9.59 Å². The summed E-state index contributed by atoms with van der Waals surface area (Å²) in [6.45, 7) is 1.94. The largest absolute Gasteiger partial charge is 0.421 e. The number of ether oxygens (including phenoxy) is 1. The molecule has 28 heavy (non-hydrogen) atoms. The van der Waals surface area contributed by atoms with Gasteiger partial charge in [0, 0.05) is 0 Å². The maximum absolute atomic E-state index is 13.1. The lowest BCUT2D eigenvalue weighted by atomic mass is 9.85. The molecule has 0 aromatic heterocycles. The van der Waals surface area contributed by atoms with Gasteiger partial charge in [-0.3, -0.25) is 9.59 Å². The van der Waals surface area contributed by atoms with E-state index in [0.717, 1.165) is 12.0 Å². The molecule has 2 amide bonds. The predicted molar refractivity (Wildman–Crippen MR) is 103 cm³/mol. The van der Waals surface area contributed by atoms with Gasteiger partial charge in [-0.15, -0.1) is 0 Å². The minimum atomic E-state index is -0.520. The number of amides is 2. The molecule has 5 nitrogen and oxygen atoms in total. The molecular weight excluding hydrogens is 354 g/mol. The van der Waals surface area contributed by atoms with Crippen molar-refractivity contribution in [1.29, 1.82) is 0 Å². The lowest BCUT2D eigenvalue weighted by molar-refractivity contribution is -0.123. The number of allylic oxidation sites excluding steroid dienone is 2. The van der Waals surface area contributed by atoms with Crippen LogP contribution in [0.5, 0.6) is 5.75 Å². The molecule has 5 rings (SSSR count). The van der Waals surface area contributed by atoms with Crippen LogP contribution in [0.4, 0.5) is 5.69 Å². The second-order valence-corrected chi connectivity index (χ2v) is 7.74. The van der Waals surface area contributed by atoms with Crippen molar-refractivity contribution < 1.29 is 19.1 Å². The zero-order valence-electron chi connectivity index (χ0n) is 15.4. The van der Waals surface area contributed by atoms with E-state index in [9.17, 15) is 14.4 Å². The zero-order valence-corrected chi connectivity index (χ0v) is 15.4. The van der Waals surface area contributed by atoms with Crippen LogP contribution in [0, 0.1) is 30.6 Å². The number of hydrogen-bond donors (Lipinski definition) is 0. The van der Waals surface area contributed by atoms with Gasteiger partial charge in [-0.2, -0.15) is 0 Å². The third kappa shape index (κ3) is 2.43. The Morgan fingerprint density at radius 2 is 1.54 bits per heavy atom. The Morgan fingerprint density at radius 3 is 2.18 bits per heavy atom. The second kappa shape index (κ2) is 6.16. The minimum absolute atomic E-state index is 0.138. The summed E-state index contributed by atoms with van der Waals surface area (Å²) in [7, 11) is 0. The highest BCUT2D eigenvalue weighted by atomic mass is 16.5. The van der Waals surface area contributed by atoms with Crippen molar-refractivity contribution in [1.82, 2.24) is 0 Å². The maximum Gasteiger partial charge on any atom is 0.343 e. The lowest BCUT2D eigenvalue weighted by Gasteiger charge is -2.20. The Morgan fingerprint density at radius 1 is 0.929 bits per heavy atom. The van der Waals surface area contributed by atoms with Crippen LogP contribution in [-0.4, -0.2) is 17.8 Å². The van der Waals surface area contributed by atoms with Crippen molar-refractivity contribution >= 4 is 23.5 Å². The van der Waals surface area contributed by atoms with Crippen LogP contribution in [0.25, 0.3) is 0 Å². The molecule has 2 fully saturated rings. The SMILES string of the molecule is Cc1ccc(C(=O)Oc2ccccc2N2C(=O)[C@@H]3[C@H](C2=O)[C@H]2C=C[C@@H]3C2)cc1. The molecule has 140 valence electrons. The van der Waals surface area contributed by atoms with Gasteiger partial charge in [-0.1, -0.05) is 42.0 Å². The molecule has 2 aromatic rings. The summed E-state index contributed by atoms with van der Waals surface area (Å²) >= 11 is 0. The number of aryl methyl sites for hydroxylation is 1. The molecule has 2 aliphatic carbocycles. The highest BCUT2D eigenvalue weighted by Gasteiger charge is 2.59. The van der Waals surface area contributed by atoms with E-state index in [1.54, 1.807) is 36.4 Å². The van der Waals surface area contributed by atoms with Crippen LogP contribution >= 0.6 is 0 Å². The van der Waals surface area contributed by atoms with E-state index in [-0.39, 0.29) is 41.2 Å². The predicted octanol–water partition coefficient (Wildman–Crippen LogP) is 3.53. The summed E-state index contributed by atoms with van der Waals surface area (Å²) < 4.78 is 5.57. The fraction of sp³-hybridized carbons (Fsp3) is 0.261. The summed E-state index contributed by atoms with van der Waals surface area (Å²) in [5.74, 6) is -0.982. The van der Waals surface area contributed by atoms with Gasteiger partial charge < -0.3 is 4.74 Å². The van der Waals surface area contributed by atoms with Crippen molar-refractivity contribution in [3.05, 3.63) is 71.8 Å². The smallest absolute Gasteiger partial charge is 0.343 e. The number of benzene rings is 2. The molecule has 1 heterocycles. The van der Waals surface area contributed by atoms with Crippen molar-refractivity contribution in [3.63, 3.8) is 0 Å². The number of anilines is 1. The number of nitrogens with zero attached hydrogens (tertiary/aromatic N) is 1. The number of esters is 1. The highest BCUT2D eigenvalue weighted by Crippen LogP contribution is 2.53. The molecule has 5 heteroatoms. The number of hydrogen-bond acceptors (Lipinski definition) is 4. The number of imide groups is 1. The van der Waals surface area contributed by atoms with Crippen LogP contribution < -0.4 is 9.64 Å². The Labute approximate surface area is 162 Å². The van der Waals surface area contributed by atoms with E-state index in [2.05, 4.69) is 12.2 Å². The first-order valence-electron chi connectivity index (χ1n) is 9.48. The summed E-state index contributed by atoms with van der Waals surface area (Å²) in [5.41, 5.74) is 1.80. The fourth-order valence-corrected chi connectivity index (χ4v) is 4.72. The van der Waals surface area contributed by atoms with E-state index in [0.29, 0.717) is 11.3 Å². The van der Waals surface area contributed by atoms with Crippen LogP contribution in [0.15, 0.2) is 60.7 Å². The molecule has 1 aliphatic heterocycles. The summed E-state index contributed by atoms with van der Waals surface area (Å²) in [6, 6.07) is 13.8. The quantitative estimate of drug-likeness (QED) is 0.357. The lowest BCUT2D eigenvalue weighted by Crippen LogP contribution is -2.33. The second-order valence-electron chi connectivity index (χ2n) is 7.74. The average Bonchev–Trinajstić information content (AvgIpc) is 3.37. The molecule has 0 N–H and O–H groups in total. The van der Waals surface area contributed by atoms with Crippen molar-refractivity contribution in [2.45, 2.75) is 13.3 Å². The van der Waals surface area contributed by atoms with Crippen LogP contribution in [0.3, 0.4) is 0 Å². The number of carbonyl (C=O) groups excluding carboxylic acids is 3. The van der Waals surface area contributed by atoms with Gasteiger partial charge in [-0.05, 0) is 49.4 Å². The Kier molecular flexibility index (Phi) is 3.72. The fourth-order valence-electron chi connectivity index (χ4n) is 4.72. The van der Waals surface area contributed by atoms with Crippen molar-refractivity contribution in [2.24, 2.45) is 23.7 Å². The maximum atomic E-state index is 13.1. The number of para-hydroxylation sites is 2. The summed E-state index contributed by atoms with van der Waals surface area (Å²) in [5, 5.41) is 0. The highest BCUT2D eigenvalue weighted by molar-refractivity contribution is 6.23. The molecule has 1 saturated carbocycles. The van der Waals surface area contributed by atoms with Crippen LogP contribution in [0.1, 0.15) is 22.3 Å². The first-order valence-corrected chi connectivity index (χ1v) is 9.48. The van der Waals surface area contributed by atoms with E-state index < -0.39 is 5.97 Å². The molecule has 0 unspecified atom stereocenters. The van der Waals surface area contributed by atoms with E-state index in [4.69, 9.17) is 4.74 Å².